The average Bonchev–Trinajstić information content (AvgIpc) is 2.35. The summed E-state index contributed by atoms with van der Waals surface area (Å²) in [5, 5.41) is 12.2. The maximum absolute atomic E-state index is 8.68. The number of thioether (sulfide) groups is 1. The molecule has 1 aromatic rings. The highest BCUT2D eigenvalue weighted by Gasteiger charge is 2.19. The quantitative estimate of drug-likeness (QED) is 0.365. The lowest BCUT2D eigenvalue weighted by Crippen LogP contribution is -2.30. The lowest BCUT2D eigenvalue weighted by Gasteiger charge is -2.25. The molecular weight excluding hydrogens is 252 g/mol. The van der Waals surface area contributed by atoms with Crippen molar-refractivity contribution in [1.29, 1.82) is 0 Å². The van der Waals surface area contributed by atoms with Crippen LogP contribution in [0, 0.1) is 0 Å². The van der Waals surface area contributed by atoms with Gasteiger partial charge in [0.15, 0.2) is 5.84 Å². The van der Waals surface area contributed by atoms with Crippen LogP contribution in [0.2, 0.25) is 0 Å². The Balaban J connectivity index is 2.13. The van der Waals surface area contributed by atoms with Gasteiger partial charge in [0, 0.05) is 16.9 Å². The van der Waals surface area contributed by atoms with Crippen LogP contribution in [0.25, 0.3) is 0 Å². The van der Waals surface area contributed by atoms with Gasteiger partial charge in [0.05, 0.1) is 25.6 Å². The molecule has 1 fully saturated rings. The smallest absolute Gasteiger partial charge is 0.170 e. The monoisotopic (exact) mass is 268 g/mol. The van der Waals surface area contributed by atoms with Crippen LogP contribution in [0.15, 0.2) is 23.4 Å². The standard InChI is InChI=1S/C12H16N2O3S/c1-16-11-3-2-8(12(13)14-15)4-9(11)7-18-10-5-17-6-10/h2-4,10,15H,5-7H2,1H3,(H2,13,14). The fraction of sp³-hybridized carbons (Fsp3) is 0.417. The highest BCUT2D eigenvalue weighted by atomic mass is 32.2. The van der Waals surface area contributed by atoms with E-state index in [1.807, 2.05) is 23.9 Å². The summed E-state index contributed by atoms with van der Waals surface area (Å²) in [6.45, 7) is 1.62. The maximum atomic E-state index is 8.68. The van der Waals surface area contributed by atoms with Crippen LogP contribution in [-0.4, -0.2) is 36.6 Å². The van der Waals surface area contributed by atoms with Crippen molar-refractivity contribution >= 4 is 17.6 Å². The molecule has 6 heteroatoms. The van der Waals surface area contributed by atoms with Gasteiger partial charge in [-0.1, -0.05) is 5.16 Å². The molecule has 3 N–H and O–H groups in total. The van der Waals surface area contributed by atoms with E-state index in [0.29, 0.717) is 10.8 Å². The van der Waals surface area contributed by atoms with Crippen molar-refractivity contribution < 1.29 is 14.7 Å². The van der Waals surface area contributed by atoms with E-state index in [9.17, 15) is 0 Å². The van der Waals surface area contributed by atoms with E-state index in [1.54, 1.807) is 13.2 Å². The molecular formula is C12H16N2O3S. The van der Waals surface area contributed by atoms with Gasteiger partial charge in [-0.3, -0.25) is 0 Å². The topological polar surface area (TPSA) is 77.1 Å². The Kier molecular flexibility index (Phi) is 4.33. The van der Waals surface area contributed by atoms with Crippen LogP contribution in [0.5, 0.6) is 5.75 Å². The number of oxime groups is 1. The van der Waals surface area contributed by atoms with Gasteiger partial charge in [-0.05, 0) is 18.2 Å². The van der Waals surface area contributed by atoms with Crippen molar-refractivity contribution in [3.63, 3.8) is 0 Å². The molecule has 1 aliphatic rings. The molecule has 5 nitrogen and oxygen atoms in total. The molecule has 0 unspecified atom stereocenters. The highest BCUT2D eigenvalue weighted by molar-refractivity contribution is 7.99. The number of benzene rings is 1. The Morgan fingerprint density at radius 2 is 2.39 bits per heavy atom. The molecule has 0 radical (unpaired) electrons. The number of methoxy groups -OCH3 is 1. The predicted molar refractivity (Wildman–Crippen MR) is 71.4 cm³/mol. The fourth-order valence-electron chi connectivity index (χ4n) is 1.63. The third-order valence-corrected chi connectivity index (χ3v) is 3.99. The molecule has 0 bridgehead atoms. The SMILES string of the molecule is COc1ccc(/C(N)=N/O)cc1CSC1COC1. The maximum Gasteiger partial charge on any atom is 0.170 e. The Morgan fingerprint density at radius 3 is 2.94 bits per heavy atom. The molecule has 1 aliphatic heterocycles. The summed E-state index contributed by atoms with van der Waals surface area (Å²) < 4.78 is 10.4. The summed E-state index contributed by atoms with van der Waals surface area (Å²) in [6.07, 6.45) is 0. The Bertz CT molecular complexity index is 447. The van der Waals surface area contributed by atoms with Gasteiger partial charge in [-0.15, -0.1) is 11.8 Å². The first-order chi connectivity index (χ1) is 8.74. The van der Waals surface area contributed by atoms with Gasteiger partial charge in [-0.2, -0.15) is 0 Å². The van der Waals surface area contributed by atoms with Crippen molar-refractivity contribution in [3.05, 3.63) is 29.3 Å². The molecule has 0 aromatic heterocycles. The van der Waals surface area contributed by atoms with Crippen LogP contribution in [0.4, 0.5) is 0 Å². The summed E-state index contributed by atoms with van der Waals surface area (Å²) in [7, 11) is 1.64. The molecule has 0 aliphatic carbocycles. The molecule has 1 heterocycles. The highest BCUT2D eigenvalue weighted by Crippen LogP contribution is 2.29. The lowest BCUT2D eigenvalue weighted by atomic mass is 10.1. The number of ether oxygens (including phenoxy) is 2. The third kappa shape index (κ3) is 2.88. The molecule has 1 saturated heterocycles. The van der Waals surface area contributed by atoms with E-state index in [0.717, 1.165) is 30.3 Å². The first kappa shape index (κ1) is 13.0. The summed E-state index contributed by atoms with van der Waals surface area (Å²) in [4.78, 5) is 0. The fourth-order valence-corrected chi connectivity index (χ4v) is 2.65. The number of hydrogen-bond donors (Lipinski definition) is 2. The molecule has 1 aromatic carbocycles. The van der Waals surface area contributed by atoms with Gasteiger partial charge < -0.3 is 20.4 Å². The molecule has 0 atom stereocenters. The Labute approximate surface area is 110 Å². The summed E-state index contributed by atoms with van der Waals surface area (Å²) >= 11 is 1.83. The van der Waals surface area contributed by atoms with E-state index >= 15 is 0 Å². The molecule has 18 heavy (non-hydrogen) atoms. The van der Waals surface area contributed by atoms with Crippen molar-refractivity contribution in [2.24, 2.45) is 10.9 Å². The number of rotatable bonds is 5. The van der Waals surface area contributed by atoms with Crippen LogP contribution in [-0.2, 0) is 10.5 Å². The first-order valence-corrected chi connectivity index (χ1v) is 6.63. The minimum atomic E-state index is 0.107. The number of nitrogens with zero attached hydrogens (tertiary/aromatic N) is 1. The van der Waals surface area contributed by atoms with Gasteiger partial charge in [0.1, 0.15) is 5.75 Å². The minimum Gasteiger partial charge on any atom is -0.496 e. The molecule has 98 valence electrons. The lowest BCUT2D eigenvalue weighted by molar-refractivity contribution is 0.0455. The molecule has 0 spiro atoms. The summed E-state index contributed by atoms with van der Waals surface area (Å²) in [5.74, 6) is 1.75. The number of hydrogen-bond acceptors (Lipinski definition) is 5. The zero-order chi connectivity index (χ0) is 13.0. The van der Waals surface area contributed by atoms with Crippen LogP contribution in [0.1, 0.15) is 11.1 Å². The van der Waals surface area contributed by atoms with E-state index in [-0.39, 0.29) is 5.84 Å². The van der Waals surface area contributed by atoms with Crippen molar-refractivity contribution in [1.82, 2.24) is 0 Å². The van der Waals surface area contributed by atoms with E-state index in [4.69, 9.17) is 20.4 Å². The van der Waals surface area contributed by atoms with Gasteiger partial charge in [0.2, 0.25) is 0 Å². The zero-order valence-corrected chi connectivity index (χ0v) is 10.9. The van der Waals surface area contributed by atoms with Crippen LogP contribution in [0.3, 0.4) is 0 Å². The summed E-state index contributed by atoms with van der Waals surface area (Å²) in [5.41, 5.74) is 7.31. The Hall–Kier alpha value is -1.40. The van der Waals surface area contributed by atoms with Crippen molar-refractivity contribution in [3.8, 4) is 5.75 Å². The van der Waals surface area contributed by atoms with Gasteiger partial charge in [0.25, 0.3) is 0 Å². The summed E-state index contributed by atoms with van der Waals surface area (Å²) in [6, 6.07) is 5.50. The third-order valence-electron chi connectivity index (χ3n) is 2.77. The van der Waals surface area contributed by atoms with E-state index in [1.165, 1.54) is 0 Å². The molecule has 0 amide bonds. The minimum absolute atomic E-state index is 0.107. The molecule has 2 rings (SSSR count). The van der Waals surface area contributed by atoms with Crippen LogP contribution >= 0.6 is 11.8 Å². The Morgan fingerprint density at radius 1 is 1.61 bits per heavy atom. The van der Waals surface area contributed by atoms with Crippen molar-refractivity contribution in [2.75, 3.05) is 20.3 Å². The van der Waals surface area contributed by atoms with Gasteiger partial charge in [-0.25, -0.2) is 0 Å². The first-order valence-electron chi connectivity index (χ1n) is 5.58. The molecule has 0 saturated carbocycles. The van der Waals surface area contributed by atoms with E-state index < -0.39 is 0 Å². The second-order valence-electron chi connectivity index (χ2n) is 3.98. The number of amidine groups is 1. The van der Waals surface area contributed by atoms with E-state index in [2.05, 4.69) is 5.16 Å². The largest absolute Gasteiger partial charge is 0.496 e. The zero-order valence-electron chi connectivity index (χ0n) is 10.1. The van der Waals surface area contributed by atoms with Crippen LogP contribution < -0.4 is 10.5 Å². The second-order valence-corrected chi connectivity index (χ2v) is 5.27. The van der Waals surface area contributed by atoms with Gasteiger partial charge >= 0.3 is 0 Å². The normalized spacial score (nSPS) is 16.4. The average molecular weight is 268 g/mol. The predicted octanol–water partition coefficient (Wildman–Crippen LogP) is 1.42. The second kappa shape index (κ2) is 5.97. The number of nitrogens with two attached hydrogens (primary N) is 1. The van der Waals surface area contributed by atoms with Crippen molar-refractivity contribution in [2.45, 2.75) is 11.0 Å².